The zero-order valence-corrected chi connectivity index (χ0v) is 11.9. The molecule has 1 aliphatic rings. The van der Waals surface area contributed by atoms with E-state index in [0.717, 1.165) is 11.7 Å². The molecule has 0 radical (unpaired) electrons. The summed E-state index contributed by atoms with van der Waals surface area (Å²) < 4.78 is 2.00. The molecule has 96 valence electrons. The van der Waals surface area contributed by atoms with Crippen LogP contribution in [0, 0.1) is 5.41 Å². The van der Waals surface area contributed by atoms with E-state index in [9.17, 15) is 0 Å². The Morgan fingerprint density at radius 3 is 2.94 bits per heavy atom. The van der Waals surface area contributed by atoms with Crippen LogP contribution in [-0.4, -0.2) is 32.6 Å². The van der Waals surface area contributed by atoms with Crippen LogP contribution in [0.15, 0.2) is 11.5 Å². The van der Waals surface area contributed by atoms with Gasteiger partial charge >= 0.3 is 0 Å². The molecule has 4 nitrogen and oxygen atoms in total. The maximum Gasteiger partial charge on any atom is 0.191 e. The third-order valence-electron chi connectivity index (χ3n) is 3.64. The van der Waals surface area contributed by atoms with Gasteiger partial charge in [-0.25, -0.2) is 0 Å². The Morgan fingerprint density at radius 2 is 2.35 bits per heavy atom. The molecule has 1 heterocycles. The van der Waals surface area contributed by atoms with Crippen LogP contribution in [-0.2, 0) is 7.05 Å². The Bertz CT molecular complexity index is 374. The van der Waals surface area contributed by atoms with E-state index in [2.05, 4.69) is 36.3 Å². The fourth-order valence-electron chi connectivity index (χ4n) is 2.61. The van der Waals surface area contributed by atoms with Crippen LogP contribution in [0.25, 0.3) is 0 Å². The Morgan fingerprint density at radius 1 is 1.59 bits per heavy atom. The fourth-order valence-corrected chi connectivity index (χ4v) is 4.02. The van der Waals surface area contributed by atoms with Crippen molar-refractivity contribution in [3.05, 3.63) is 6.33 Å². The molecule has 1 saturated carbocycles. The second-order valence-corrected chi connectivity index (χ2v) is 6.65. The average Bonchev–Trinajstić information content (AvgIpc) is 2.78. The SMILES string of the molecule is CCNC1C(Sc2nncn2C)CCC1(C)C. The van der Waals surface area contributed by atoms with E-state index in [1.165, 1.54) is 12.8 Å². The molecule has 2 unspecified atom stereocenters. The van der Waals surface area contributed by atoms with Crippen LogP contribution in [0.1, 0.15) is 33.6 Å². The van der Waals surface area contributed by atoms with Crippen molar-refractivity contribution in [1.82, 2.24) is 20.1 Å². The van der Waals surface area contributed by atoms with Gasteiger partial charge in [-0.2, -0.15) is 0 Å². The van der Waals surface area contributed by atoms with E-state index in [-0.39, 0.29) is 0 Å². The van der Waals surface area contributed by atoms with Crippen LogP contribution in [0.3, 0.4) is 0 Å². The molecule has 0 saturated heterocycles. The van der Waals surface area contributed by atoms with Gasteiger partial charge in [-0.3, -0.25) is 0 Å². The average molecular weight is 254 g/mol. The molecule has 5 heteroatoms. The molecule has 1 N–H and O–H groups in total. The standard InChI is InChI=1S/C12H22N4S/c1-5-13-10-9(6-7-12(10,2)3)17-11-15-14-8-16(11)4/h8-10,13H,5-7H2,1-4H3. The molecular formula is C12H22N4S. The van der Waals surface area contributed by atoms with Crippen LogP contribution in [0.5, 0.6) is 0 Å². The summed E-state index contributed by atoms with van der Waals surface area (Å²) in [6, 6.07) is 0.564. The van der Waals surface area contributed by atoms with E-state index in [1.54, 1.807) is 6.33 Å². The molecule has 0 aliphatic heterocycles. The van der Waals surface area contributed by atoms with Crippen LogP contribution in [0.4, 0.5) is 0 Å². The molecule has 2 atom stereocenters. The third-order valence-corrected chi connectivity index (χ3v) is 5.03. The number of rotatable bonds is 4. The Balaban J connectivity index is 2.08. The van der Waals surface area contributed by atoms with Gasteiger partial charge < -0.3 is 9.88 Å². The first-order chi connectivity index (χ1) is 8.04. The van der Waals surface area contributed by atoms with Crippen LogP contribution < -0.4 is 5.32 Å². The van der Waals surface area contributed by atoms with Crippen molar-refractivity contribution in [2.75, 3.05) is 6.54 Å². The molecule has 0 bridgehead atoms. The molecule has 1 aromatic heterocycles. The molecule has 0 amide bonds. The van der Waals surface area contributed by atoms with Gasteiger partial charge in [-0.15, -0.1) is 10.2 Å². The molecule has 1 fully saturated rings. The molecule has 2 rings (SSSR count). The van der Waals surface area contributed by atoms with Crippen LogP contribution >= 0.6 is 11.8 Å². The number of aromatic nitrogens is 3. The minimum Gasteiger partial charge on any atom is -0.313 e. The lowest BCUT2D eigenvalue weighted by molar-refractivity contribution is 0.290. The van der Waals surface area contributed by atoms with Crippen molar-refractivity contribution in [2.24, 2.45) is 12.5 Å². The first-order valence-corrected chi connectivity index (χ1v) is 7.16. The Labute approximate surface area is 108 Å². The first-order valence-electron chi connectivity index (χ1n) is 6.28. The number of hydrogen-bond donors (Lipinski definition) is 1. The smallest absolute Gasteiger partial charge is 0.191 e. The van der Waals surface area contributed by atoms with Crippen molar-refractivity contribution >= 4 is 11.8 Å². The summed E-state index contributed by atoms with van der Waals surface area (Å²) >= 11 is 1.86. The number of hydrogen-bond acceptors (Lipinski definition) is 4. The molecule has 1 aromatic rings. The van der Waals surface area contributed by atoms with Crippen molar-refractivity contribution in [2.45, 2.75) is 50.1 Å². The number of thioether (sulfide) groups is 1. The quantitative estimate of drug-likeness (QED) is 0.893. The van der Waals surface area contributed by atoms with Gasteiger partial charge in [0.25, 0.3) is 0 Å². The zero-order chi connectivity index (χ0) is 12.5. The van der Waals surface area contributed by atoms with E-state index >= 15 is 0 Å². The third kappa shape index (κ3) is 2.65. The van der Waals surface area contributed by atoms with Gasteiger partial charge in [0.05, 0.1) is 0 Å². The highest BCUT2D eigenvalue weighted by Gasteiger charge is 2.42. The minimum atomic E-state index is 0.381. The van der Waals surface area contributed by atoms with E-state index in [1.807, 2.05) is 23.4 Å². The van der Waals surface area contributed by atoms with E-state index < -0.39 is 0 Å². The highest BCUT2D eigenvalue weighted by molar-refractivity contribution is 7.99. The summed E-state index contributed by atoms with van der Waals surface area (Å²) in [4.78, 5) is 0. The molecule has 1 aliphatic carbocycles. The van der Waals surface area contributed by atoms with Gasteiger partial charge in [0.2, 0.25) is 0 Å². The highest BCUT2D eigenvalue weighted by atomic mass is 32.2. The molecule has 0 spiro atoms. The summed E-state index contributed by atoms with van der Waals surface area (Å²) in [5, 5.41) is 13.4. The van der Waals surface area contributed by atoms with Gasteiger partial charge in [-0.05, 0) is 24.8 Å². The fraction of sp³-hybridized carbons (Fsp3) is 0.833. The van der Waals surface area contributed by atoms with Crippen molar-refractivity contribution in [3.63, 3.8) is 0 Å². The lowest BCUT2D eigenvalue weighted by Crippen LogP contribution is -2.43. The zero-order valence-electron chi connectivity index (χ0n) is 11.1. The topological polar surface area (TPSA) is 42.7 Å². The monoisotopic (exact) mass is 254 g/mol. The number of nitrogens with zero attached hydrogens (tertiary/aromatic N) is 3. The van der Waals surface area contributed by atoms with E-state index in [4.69, 9.17) is 0 Å². The predicted octanol–water partition coefficient (Wildman–Crippen LogP) is 2.07. The van der Waals surface area contributed by atoms with Gasteiger partial charge in [0.1, 0.15) is 6.33 Å². The largest absolute Gasteiger partial charge is 0.313 e. The normalized spacial score (nSPS) is 27.5. The maximum atomic E-state index is 4.17. The maximum absolute atomic E-state index is 4.17. The summed E-state index contributed by atoms with van der Waals surface area (Å²) in [6.45, 7) is 7.93. The van der Waals surface area contributed by atoms with E-state index in [0.29, 0.717) is 16.7 Å². The number of aryl methyl sites for hydroxylation is 1. The second-order valence-electron chi connectivity index (χ2n) is 5.44. The summed E-state index contributed by atoms with van der Waals surface area (Å²) in [5.74, 6) is 0. The number of nitrogens with one attached hydrogen (secondary N) is 1. The van der Waals surface area contributed by atoms with Gasteiger partial charge in [-0.1, -0.05) is 32.5 Å². The van der Waals surface area contributed by atoms with Gasteiger partial charge in [0.15, 0.2) is 5.16 Å². The van der Waals surface area contributed by atoms with Crippen molar-refractivity contribution in [3.8, 4) is 0 Å². The van der Waals surface area contributed by atoms with Crippen molar-refractivity contribution in [1.29, 1.82) is 0 Å². The second kappa shape index (κ2) is 4.98. The molecular weight excluding hydrogens is 232 g/mol. The highest BCUT2D eigenvalue weighted by Crippen LogP contribution is 2.44. The summed E-state index contributed by atoms with van der Waals surface area (Å²) in [5.41, 5.74) is 0.381. The lowest BCUT2D eigenvalue weighted by atomic mass is 9.87. The Kier molecular flexibility index (Phi) is 3.78. The van der Waals surface area contributed by atoms with Crippen LogP contribution in [0.2, 0.25) is 0 Å². The minimum absolute atomic E-state index is 0.381. The molecule has 0 aromatic carbocycles. The summed E-state index contributed by atoms with van der Waals surface area (Å²) in [6.07, 6.45) is 4.30. The first kappa shape index (κ1) is 12.9. The van der Waals surface area contributed by atoms with Gasteiger partial charge in [0, 0.05) is 18.3 Å². The van der Waals surface area contributed by atoms with Crippen molar-refractivity contribution < 1.29 is 0 Å². The lowest BCUT2D eigenvalue weighted by Gasteiger charge is -2.30. The Hall–Kier alpha value is -0.550. The molecule has 17 heavy (non-hydrogen) atoms. The summed E-state index contributed by atoms with van der Waals surface area (Å²) in [7, 11) is 2.00. The predicted molar refractivity (Wildman–Crippen MR) is 71.1 cm³/mol.